The molecule has 0 aromatic rings. The van der Waals surface area contributed by atoms with Gasteiger partial charge in [-0.1, -0.05) is 78.0 Å². The van der Waals surface area contributed by atoms with E-state index in [9.17, 15) is 30.0 Å². The second-order valence-electron chi connectivity index (χ2n) is 12.9. The maximum Gasteiger partial charge on any atom is 0.309 e. The molecule has 1 heterocycles. The molecule has 5 N–H and O–H groups in total. The van der Waals surface area contributed by atoms with Gasteiger partial charge < -0.3 is 35.2 Å². The molecule has 0 aromatic carbocycles. The van der Waals surface area contributed by atoms with Gasteiger partial charge in [-0.3, -0.25) is 9.59 Å². The number of hydrogen-bond donors (Lipinski definition) is 5. The number of carbonyl (C=O) groups excluding carboxylic acids is 2. The fourth-order valence-electron chi connectivity index (χ4n) is 5.76. The number of methoxy groups -OCH3 is 1. The van der Waals surface area contributed by atoms with Gasteiger partial charge in [0.1, 0.15) is 0 Å². The molecule has 1 aliphatic heterocycles. The molecule has 1 aliphatic rings. The Morgan fingerprint density at radius 1 is 0.909 bits per heavy atom. The zero-order valence-corrected chi connectivity index (χ0v) is 28.1. The van der Waals surface area contributed by atoms with Gasteiger partial charge >= 0.3 is 5.97 Å². The van der Waals surface area contributed by atoms with Crippen LogP contribution in [-0.4, -0.2) is 83.1 Å². The van der Waals surface area contributed by atoms with Crippen LogP contribution >= 0.6 is 0 Å². The number of hydrogen-bond acceptors (Lipinski definition) is 8. The van der Waals surface area contributed by atoms with Crippen molar-refractivity contribution >= 4 is 11.9 Å². The van der Waals surface area contributed by atoms with E-state index in [1.165, 1.54) is 0 Å². The van der Waals surface area contributed by atoms with Crippen LogP contribution in [0, 0.1) is 17.8 Å². The van der Waals surface area contributed by atoms with Gasteiger partial charge in [0.2, 0.25) is 0 Å². The lowest BCUT2D eigenvalue weighted by Crippen LogP contribution is -2.43. The zero-order valence-electron chi connectivity index (χ0n) is 28.1. The Labute approximate surface area is 266 Å². The van der Waals surface area contributed by atoms with Crippen LogP contribution in [0.2, 0.25) is 0 Å². The van der Waals surface area contributed by atoms with E-state index in [2.05, 4.69) is 25.2 Å². The predicted octanol–water partition coefficient (Wildman–Crippen LogP) is 4.99. The molecule has 8 atom stereocenters. The average Bonchev–Trinajstić information content (AvgIpc) is 2.98. The number of esters is 1. The number of aliphatic hydroxyl groups is 4. The third-order valence-corrected chi connectivity index (χ3v) is 8.66. The number of carbonyl (C=O) groups is 2. The molecule has 1 amide bonds. The van der Waals surface area contributed by atoms with Crippen molar-refractivity contribution in [3.63, 3.8) is 0 Å². The smallest absolute Gasteiger partial charge is 0.309 e. The Balaban J connectivity index is 2.95. The molecule has 0 saturated carbocycles. The number of β-amino-alcohol motifs (C(OH)–C–C–N with tert-alkyl or cyclic N) is 1. The summed E-state index contributed by atoms with van der Waals surface area (Å²) in [6, 6.07) is 0. The molecule has 0 aliphatic carbocycles. The van der Waals surface area contributed by atoms with Gasteiger partial charge in [-0.15, -0.1) is 0 Å². The van der Waals surface area contributed by atoms with Crippen LogP contribution in [-0.2, 0) is 19.1 Å². The van der Waals surface area contributed by atoms with Crippen molar-refractivity contribution in [2.75, 3.05) is 20.3 Å². The van der Waals surface area contributed by atoms with E-state index in [0.29, 0.717) is 50.5 Å². The minimum Gasteiger partial charge on any atom is -0.452 e. The van der Waals surface area contributed by atoms with Crippen molar-refractivity contribution in [2.45, 2.75) is 148 Å². The highest BCUT2D eigenvalue weighted by molar-refractivity contribution is 5.84. The lowest BCUT2D eigenvalue weighted by molar-refractivity contribution is -0.160. The summed E-state index contributed by atoms with van der Waals surface area (Å²) in [6.45, 7) is 8.29. The molecule has 1 rings (SSSR count). The van der Waals surface area contributed by atoms with Crippen molar-refractivity contribution in [2.24, 2.45) is 17.8 Å². The number of aliphatic hydroxyl groups excluding tert-OH is 4. The summed E-state index contributed by atoms with van der Waals surface area (Å²) in [5, 5.41) is 44.7. The first-order chi connectivity index (χ1) is 21.0. The third-order valence-electron chi connectivity index (χ3n) is 8.66. The van der Waals surface area contributed by atoms with E-state index in [-0.39, 0.29) is 25.0 Å². The minimum atomic E-state index is -1.17. The van der Waals surface area contributed by atoms with Gasteiger partial charge in [0, 0.05) is 20.1 Å². The molecule has 9 heteroatoms. The largest absolute Gasteiger partial charge is 0.452 e. The summed E-state index contributed by atoms with van der Waals surface area (Å²) in [4.78, 5) is 25.7. The highest BCUT2D eigenvalue weighted by atomic mass is 16.5. The fourth-order valence-corrected chi connectivity index (χ4v) is 5.76. The fraction of sp³-hybridized carbons (Fsp3) is 0.829. The Morgan fingerprint density at radius 3 is 2.30 bits per heavy atom. The Kier molecular flexibility index (Phi) is 21.5. The first-order valence-corrected chi connectivity index (χ1v) is 17.1. The average molecular weight is 626 g/mol. The van der Waals surface area contributed by atoms with Crippen molar-refractivity contribution in [3.05, 3.63) is 23.8 Å². The summed E-state index contributed by atoms with van der Waals surface area (Å²) in [5.41, 5.74) is 0.987. The summed E-state index contributed by atoms with van der Waals surface area (Å²) in [6.07, 6.45) is 11.5. The number of cyclic esters (lactones) is 1. The standard InChI is InChI=1S/C35H63NO8/c1-6-12-33-34(41)36-23-30(38)22-32(40)31(39)20-19-28(24-43-5)16-10-14-27(7-2)15-11-18-29(37)17-9-8-13-25(3)21-26(4)35(42)44-33/h10,14,16,25-27,29-33,37-40H,6-9,11-13,15,17-24H2,1-5H3,(H,36,41)/b14-10+,28-16-/t25-,26-,27-,29+,30-,31+,32-,33-/m0/s1. The van der Waals surface area contributed by atoms with Gasteiger partial charge in [-0.2, -0.15) is 0 Å². The van der Waals surface area contributed by atoms with E-state index in [1.807, 2.05) is 26.0 Å². The van der Waals surface area contributed by atoms with Crippen molar-refractivity contribution < 1.29 is 39.5 Å². The van der Waals surface area contributed by atoms with Gasteiger partial charge in [-0.05, 0) is 68.8 Å². The maximum atomic E-state index is 12.8. The summed E-state index contributed by atoms with van der Waals surface area (Å²) in [5.74, 6) is -0.511. The molecule has 0 saturated heterocycles. The molecule has 0 spiro atoms. The van der Waals surface area contributed by atoms with E-state index >= 15 is 0 Å². The van der Waals surface area contributed by atoms with E-state index < -0.39 is 36.3 Å². The molecule has 44 heavy (non-hydrogen) atoms. The predicted molar refractivity (Wildman–Crippen MR) is 174 cm³/mol. The topological polar surface area (TPSA) is 146 Å². The second kappa shape index (κ2) is 23.5. The third kappa shape index (κ3) is 17.6. The highest BCUT2D eigenvalue weighted by Crippen LogP contribution is 2.22. The number of nitrogens with one attached hydrogen (secondary N) is 1. The van der Waals surface area contributed by atoms with E-state index in [0.717, 1.165) is 56.9 Å². The molecule has 0 aromatic heterocycles. The number of rotatable bonds is 5. The van der Waals surface area contributed by atoms with Crippen LogP contribution in [0.3, 0.4) is 0 Å². The summed E-state index contributed by atoms with van der Waals surface area (Å²) >= 11 is 0. The molecular weight excluding hydrogens is 562 g/mol. The van der Waals surface area contributed by atoms with Crippen LogP contribution < -0.4 is 5.32 Å². The molecular formula is C35H63NO8. The Morgan fingerprint density at radius 2 is 1.61 bits per heavy atom. The summed E-state index contributed by atoms with van der Waals surface area (Å²) < 4.78 is 10.9. The van der Waals surface area contributed by atoms with Crippen LogP contribution in [0.5, 0.6) is 0 Å². The van der Waals surface area contributed by atoms with E-state index in [4.69, 9.17) is 9.47 Å². The van der Waals surface area contributed by atoms with Crippen LogP contribution in [0.4, 0.5) is 0 Å². The highest BCUT2D eigenvalue weighted by Gasteiger charge is 2.27. The molecule has 0 radical (unpaired) electrons. The maximum absolute atomic E-state index is 12.8. The molecule has 256 valence electrons. The monoisotopic (exact) mass is 625 g/mol. The molecule has 0 bridgehead atoms. The molecule has 0 fully saturated rings. The quantitative estimate of drug-likeness (QED) is 0.269. The van der Waals surface area contributed by atoms with Crippen LogP contribution in [0.15, 0.2) is 23.8 Å². The molecule has 9 nitrogen and oxygen atoms in total. The molecule has 0 unspecified atom stereocenters. The number of amides is 1. The zero-order chi connectivity index (χ0) is 32.9. The van der Waals surface area contributed by atoms with Gasteiger partial charge in [0.15, 0.2) is 6.10 Å². The Hall–Kier alpha value is -1.78. The van der Waals surface area contributed by atoms with Gasteiger partial charge in [-0.25, -0.2) is 0 Å². The number of ether oxygens (including phenoxy) is 2. The van der Waals surface area contributed by atoms with Crippen molar-refractivity contribution in [3.8, 4) is 0 Å². The van der Waals surface area contributed by atoms with Crippen LogP contribution in [0.25, 0.3) is 0 Å². The lowest BCUT2D eigenvalue weighted by atomic mass is 9.92. The normalized spacial score (nSPS) is 34.4. The lowest BCUT2D eigenvalue weighted by Gasteiger charge is -2.23. The van der Waals surface area contributed by atoms with Crippen LogP contribution in [0.1, 0.15) is 118 Å². The SMILES string of the molecule is CCC[C@@H]1OC(=O)[C@@H](C)C[C@@H](C)CCCC[C@@H](O)CCC[C@@H](CC)/C=C/C=C(\COC)CC[C@@H](O)[C@@H](O)C[C@H](O)CNC1=O. The first kappa shape index (κ1) is 40.2. The second-order valence-corrected chi connectivity index (χ2v) is 12.9. The van der Waals surface area contributed by atoms with Crippen molar-refractivity contribution in [1.82, 2.24) is 5.32 Å². The Bertz CT molecular complexity index is 847. The first-order valence-electron chi connectivity index (χ1n) is 17.1. The van der Waals surface area contributed by atoms with Gasteiger partial charge in [0.05, 0.1) is 36.9 Å². The minimum absolute atomic E-state index is 0.106. The van der Waals surface area contributed by atoms with E-state index in [1.54, 1.807) is 7.11 Å². The van der Waals surface area contributed by atoms with Gasteiger partial charge in [0.25, 0.3) is 5.91 Å². The summed E-state index contributed by atoms with van der Waals surface area (Å²) in [7, 11) is 1.62. The number of allylic oxidation sites excluding steroid dienone is 3. The van der Waals surface area contributed by atoms with Crippen molar-refractivity contribution in [1.29, 1.82) is 0 Å².